The van der Waals surface area contributed by atoms with E-state index in [0.717, 1.165) is 27.8 Å². The molecule has 3 aromatic rings. The summed E-state index contributed by atoms with van der Waals surface area (Å²) in [5, 5.41) is 0. The van der Waals surface area contributed by atoms with Gasteiger partial charge in [0.25, 0.3) is 11.8 Å². The van der Waals surface area contributed by atoms with Gasteiger partial charge in [-0.1, -0.05) is 60.2 Å². The van der Waals surface area contributed by atoms with Crippen molar-refractivity contribution in [1.29, 1.82) is 0 Å². The van der Waals surface area contributed by atoms with Crippen molar-refractivity contribution in [3.63, 3.8) is 0 Å². The van der Waals surface area contributed by atoms with E-state index in [0.29, 0.717) is 27.7 Å². The molecular weight excluding hydrogens is 418 g/mol. The van der Waals surface area contributed by atoms with Crippen LogP contribution < -0.4 is 9.64 Å². The van der Waals surface area contributed by atoms with Gasteiger partial charge in [-0.25, -0.2) is 4.90 Å². The Bertz CT molecular complexity index is 1230. The van der Waals surface area contributed by atoms with Crippen molar-refractivity contribution in [3.8, 4) is 5.75 Å². The molecular formula is C27H25NO3S. The number of imide groups is 1. The summed E-state index contributed by atoms with van der Waals surface area (Å²) in [7, 11) is 1.54. The molecule has 1 heterocycles. The fourth-order valence-electron chi connectivity index (χ4n) is 3.90. The van der Waals surface area contributed by atoms with Gasteiger partial charge in [-0.15, -0.1) is 11.8 Å². The third kappa shape index (κ3) is 4.08. The van der Waals surface area contributed by atoms with E-state index in [1.165, 1.54) is 16.7 Å². The van der Waals surface area contributed by atoms with Gasteiger partial charge < -0.3 is 4.74 Å². The maximum absolute atomic E-state index is 13.7. The largest absolute Gasteiger partial charge is 0.495 e. The van der Waals surface area contributed by atoms with Crippen molar-refractivity contribution in [3.05, 3.63) is 99.5 Å². The SMILES string of the molecule is COc1ccc(C)cc1N1C(=O)C(SCc2ccccc2)=C(c2ccc(C)cc2C)C1=O. The van der Waals surface area contributed by atoms with E-state index in [1.54, 1.807) is 13.2 Å². The lowest BCUT2D eigenvalue weighted by molar-refractivity contribution is -0.119. The van der Waals surface area contributed by atoms with Crippen LogP contribution in [0.3, 0.4) is 0 Å². The average Bonchev–Trinajstić information content (AvgIpc) is 3.02. The first kappa shape index (κ1) is 21.9. The van der Waals surface area contributed by atoms with Gasteiger partial charge in [0.2, 0.25) is 0 Å². The van der Waals surface area contributed by atoms with E-state index in [9.17, 15) is 9.59 Å². The summed E-state index contributed by atoms with van der Waals surface area (Å²) in [5.74, 6) is 0.463. The minimum Gasteiger partial charge on any atom is -0.495 e. The predicted octanol–water partition coefficient (Wildman–Crippen LogP) is 5.84. The van der Waals surface area contributed by atoms with Crippen LogP contribution in [0.2, 0.25) is 0 Å². The third-order valence-corrected chi connectivity index (χ3v) is 6.64. The monoisotopic (exact) mass is 443 g/mol. The zero-order valence-electron chi connectivity index (χ0n) is 18.6. The van der Waals surface area contributed by atoms with Gasteiger partial charge in [-0.2, -0.15) is 0 Å². The van der Waals surface area contributed by atoms with Crippen LogP contribution in [0.5, 0.6) is 5.75 Å². The second-order valence-electron chi connectivity index (χ2n) is 7.92. The molecule has 0 bridgehead atoms. The Hall–Kier alpha value is -3.31. The number of rotatable bonds is 6. The van der Waals surface area contributed by atoms with Gasteiger partial charge in [0.1, 0.15) is 5.75 Å². The smallest absolute Gasteiger partial charge is 0.272 e. The summed E-state index contributed by atoms with van der Waals surface area (Å²) in [6, 6.07) is 21.4. The van der Waals surface area contributed by atoms with Crippen molar-refractivity contribution >= 4 is 34.8 Å². The van der Waals surface area contributed by atoms with Gasteiger partial charge in [0, 0.05) is 5.75 Å². The molecule has 2 amide bonds. The van der Waals surface area contributed by atoms with Crippen molar-refractivity contribution in [2.45, 2.75) is 26.5 Å². The Morgan fingerprint density at radius 2 is 1.53 bits per heavy atom. The summed E-state index contributed by atoms with van der Waals surface area (Å²) in [5.41, 5.74) is 5.84. The zero-order chi connectivity index (χ0) is 22.8. The van der Waals surface area contributed by atoms with Crippen LogP contribution in [0.4, 0.5) is 5.69 Å². The molecule has 0 fully saturated rings. The van der Waals surface area contributed by atoms with E-state index in [-0.39, 0.29) is 11.8 Å². The molecule has 0 saturated heterocycles. The molecule has 0 unspecified atom stereocenters. The van der Waals surface area contributed by atoms with Crippen molar-refractivity contribution in [1.82, 2.24) is 0 Å². The number of carbonyl (C=O) groups excluding carboxylic acids is 2. The molecule has 4 nitrogen and oxygen atoms in total. The van der Waals surface area contributed by atoms with Gasteiger partial charge in [0.05, 0.1) is 23.3 Å². The van der Waals surface area contributed by atoms with Crippen LogP contribution in [0.25, 0.3) is 5.57 Å². The number of thioether (sulfide) groups is 1. The molecule has 5 heteroatoms. The lowest BCUT2D eigenvalue weighted by Crippen LogP contribution is -2.31. The van der Waals surface area contributed by atoms with Crippen molar-refractivity contribution < 1.29 is 14.3 Å². The number of anilines is 1. The zero-order valence-corrected chi connectivity index (χ0v) is 19.5. The molecule has 162 valence electrons. The highest BCUT2D eigenvalue weighted by atomic mass is 32.2. The number of methoxy groups -OCH3 is 1. The van der Waals surface area contributed by atoms with E-state index in [2.05, 4.69) is 0 Å². The molecule has 4 rings (SSSR count). The van der Waals surface area contributed by atoms with Gasteiger partial charge in [0.15, 0.2) is 0 Å². The standard InChI is InChI=1S/C27H25NO3S/c1-17-10-12-21(19(3)14-17)24-25(32-16-20-8-6-5-7-9-20)27(30)28(26(24)29)22-15-18(2)11-13-23(22)31-4/h5-15H,16H2,1-4H3. The number of aryl methyl sites for hydroxylation is 3. The van der Waals surface area contributed by atoms with E-state index in [1.807, 2.05) is 81.4 Å². The number of benzene rings is 3. The molecule has 1 aliphatic heterocycles. The number of carbonyl (C=O) groups is 2. The Labute approximate surface area is 192 Å². The first-order valence-corrected chi connectivity index (χ1v) is 11.4. The van der Waals surface area contributed by atoms with Gasteiger partial charge >= 0.3 is 0 Å². The van der Waals surface area contributed by atoms with E-state index in [4.69, 9.17) is 4.74 Å². The number of hydrogen-bond donors (Lipinski definition) is 0. The van der Waals surface area contributed by atoms with Crippen LogP contribution in [0.1, 0.15) is 27.8 Å². The fourth-order valence-corrected chi connectivity index (χ4v) is 4.96. The minimum atomic E-state index is -0.318. The molecule has 0 aromatic heterocycles. The Balaban J connectivity index is 1.82. The topological polar surface area (TPSA) is 46.6 Å². The van der Waals surface area contributed by atoms with Crippen molar-refractivity contribution in [2.75, 3.05) is 12.0 Å². The molecule has 3 aromatic carbocycles. The predicted molar refractivity (Wildman–Crippen MR) is 131 cm³/mol. The fraction of sp³-hybridized carbons (Fsp3) is 0.185. The molecule has 0 aliphatic carbocycles. The third-order valence-electron chi connectivity index (χ3n) is 5.49. The molecule has 0 atom stereocenters. The number of ether oxygens (including phenoxy) is 1. The number of nitrogens with zero attached hydrogens (tertiary/aromatic N) is 1. The number of hydrogen-bond acceptors (Lipinski definition) is 4. The summed E-state index contributed by atoms with van der Waals surface area (Å²) in [4.78, 5) is 29.1. The molecule has 32 heavy (non-hydrogen) atoms. The second kappa shape index (κ2) is 9.05. The Kier molecular flexibility index (Phi) is 6.19. The Morgan fingerprint density at radius 1 is 0.844 bits per heavy atom. The first-order chi connectivity index (χ1) is 15.4. The average molecular weight is 444 g/mol. The molecule has 1 aliphatic rings. The van der Waals surface area contributed by atoms with Gasteiger partial charge in [-0.3, -0.25) is 9.59 Å². The summed E-state index contributed by atoms with van der Waals surface area (Å²) in [6.07, 6.45) is 0. The summed E-state index contributed by atoms with van der Waals surface area (Å²) in [6.45, 7) is 5.92. The highest BCUT2D eigenvalue weighted by Crippen LogP contribution is 2.43. The van der Waals surface area contributed by atoms with Gasteiger partial charge in [-0.05, 0) is 55.2 Å². The van der Waals surface area contributed by atoms with Crippen LogP contribution in [0.15, 0.2) is 71.6 Å². The lowest BCUT2D eigenvalue weighted by Gasteiger charge is -2.19. The minimum absolute atomic E-state index is 0.310. The Morgan fingerprint density at radius 3 is 2.22 bits per heavy atom. The van der Waals surface area contributed by atoms with Crippen LogP contribution in [-0.2, 0) is 15.3 Å². The quantitative estimate of drug-likeness (QED) is 0.449. The highest BCUT2D eigenvalue weighted by Gasteiger charge is 2.41. The van der Waals surface area contributed by atoms with Crippen LogP contribution >= 0.6 is 11.8 Å². The van der Waals surface area contributed by atoms with Crippen molar-refractivity contribution in [2.24, 2.45) is 0 Å². The molecule has 0 saturated carbocycles. The highest BCUT2D eigenvalue weighted by molar-refractivity contribution is 8.03. The first-order valence-electron chi connectivity index (χ1n) is 10.4. The molecule has 0 N–H and O–H groups in total. The maximum atomic E-state index is 13.7. The summed E-state index contributed by atoms with van der Waals surface area (Å²) >= 11 is 1.41. The molecule has 0 radical (unpaired) electrons. The molecule has 0 spiro atoms. The maximum Gasteiger partial charge on any atom is 0.272 e. The second-order valence-corrected chi connectivity index (χ2v) is 8.90. The normalized spacial score (nSPS) is 13.8. The van der Waals surface area contributed by atoms with E-state index >= 15 is 0 Å². The summed E-state index contributed by atoms with van der Waals surface area (Å²) < 4.78 is 5.48. The van der Waals surface area contributed by atoms with Crippen LogP contribution in [-0.4, -0.2) is 18.9 Å². The van der Waals surface area contributed by atoms with Crippen LogP contribution in [0, 0.1) is 20.8 Å². The van der Waals surface area contributed by atoms with E-state index < -0.39 is 0 Å². The lowest BCUT2D eigenvalue weighted by atomic mass is 9.98. The number of amides is 2.